The number of benzene rings is 1. The van der Waals surface area contributed by atoms with E-state index in [4.69, 9.17) is 16.3 Å². The number of carbonyl (C=O) groups excluding carboxylic acids is 2. The highest BCUT2D eigenvalue weighted by Crippen LogP contribution is 2.25. The molecule has 6 heteroatoms. The Labute approximate surface area is 137 Å². The van der Waals surface area contributed by atoms with E-state index in [1.807, 2.05) is 0 Å². The molecule has 0 amide bonds. The molecule has 0 radical (unpaired) electrons. The van der Waals surface area contributed by atoms with Gasteiger partial charge in [-0.25, -0.2) is 9.78 Å². The lowest BCUT2D eigenvalue weighted by atomic mass is 10.2. The quantitative estimate of drug-likeness (QED) is 0.541. The number of aldehydes is 1. The lowest BCUT2D eigenvalue weighted by Gasteiger charge is -2.06. The molecule has 5 nitrogen and oxygen atoms in total. The van der Waals surface area contributed by atoms with Crippen LogP contribution in [0.1, 0.15) is 27.6 Å². The topological polar surface area (TPSA) is 61.2 Å². The van der Waals surface area contributed by atoms with Crippen LogP contribution in [-0.4, -0.2) is 28.4 Å². The van der Waals surface area contributed by atoms with Gasteiger partial charge in [0, 0.05) is 29.0 Å². The molecule has 0 aliphatic heterocycles. The first-order valence-electron chi connectivity index (χ1n) is 7.03. The van der Waals surface area contributed by atoms with Crippen LogP contribution in [0.2, 0.25) is 5.02 Å². The molecule has 0 atom stereocenters. The van der Waals surface area contributed by atoms with Gasteiger partial charge in [-0.2, -0.15) is 0 Å². The lowest BCUT2D eigenvalue weighted by molar-refractivity contribution is 0.0526. The molecule has 0 N–H and O–H groups in total. The maximum absolute atomic E-state index is 11.7. The third kappa shape index (κ3) is 2.83. The van der Waals surface area contributed by atoms with Crippen LogP contribution in [0, 0.1) is 0 Å². The van der Waals surface area contributed by atoms with Crippen LogP contribution in [0.15, 0.2) is 42.7 Å². The fraction of sp³-hybridized carbons (Fsp3) is 0.118. The van der Waals surface area contributed by atoms with Gasteiger partial charge in [-0.15, -0.1) is 0 Å². The number of aromatic nitrogens is 2. The van der Waals surface area contributed by atoms with E-state index in [0.29, 0.717) is 33.8 Å². The van der Waals surface area contributed by atoms with E-state index in [2.05, 4.69) is 4.98 Å². The van der Waals surface area contributed by atoms with Crippen LogP contribution >= 0.6 is 11.6 Å². The highest BCUT2D eigenvalue weighted by atomic mass is 35.5. The summed E-state index contributed by atoms with van der Waals surface area (Å²) in [5.41, 5.74) is 2.38. The normalized spacial score (nSPS) is 10.7. The van der Waals surface area contributed by atoms with Gasteiger partial charge in [-0.1, -0.05) is 11.6 Å². The number of rotatable bonds is 4. The van der Waals surface area contributed by atoms with Crippen molar-refractivity contribution in [2.45, 2.75) is 6.92 Å². The monoisotopic (exact) mass is 328 g/mol. The highest BCUT2D eigenvalue weighted by Gasteiger charge is 2.12. The fourth-order valence-electron chi connectivity index (χ4n) is 2.37. The summed E-state index contributed by atoms with van der Waals surface area (Å²) in [7, 11) is 0. The fourth-order valence-corrected chi connectivity index (χ4v) is 2.53. The minimum atomic E-state index is -0.366. The molecule has 0 bridgehead atoms. The molecule has 3 rings (SSSR count). The average molecular weight is 329 g/mol. The Morgan fingerprint density at radius 1 is 1.35 bits per heavy atom. The predicted octanol–water partition coefficient (Wildman–Crippen LogP) is 3.67. The molecule has 0 fully saturated rings. The van der Waals surface area contributed by atoms with Gasteiger partial charge in [0.1, 0.15) is 5.65 Å². The zero-order chi connectivity index (χ0) is 16.4. The van der Waals surface area contributed by atoms with Crippen LogP contribution in [0.5, 0.6) is 0 Å². The van der Waals surface area contributed by atoms with Crippen molar-refractivity contribution < 1.29 is 14.3 Å². The molecule has 116 valence electrons. The molecule has 0 spiro atoms. The molecule has 1 aromatic carbocycles. The number of halogens is 1. The Kier molecular flexibility index (Phi) is 4.12. The molecule has 0 aliphatic carbocycles. The average Bonchev–Trinajstić information content (AvgIpc) is 2.93. The van der Waals surface area contributed by atoms with Gasteiger partial charge < -0.3 is 9.30 Å². The summed E-state index contributed by atoms with van der Waals surface area (Å²) in [5.74, 6) is -0.366. The number of esters is 1. The summed E-state index contributed by atoms with van der Waals surface area (Å²) in [6.07, 6.45) is 3.99. The van der Waals surface area contributed by atoms with E-state index >= 15 is 0 Å². The summed E-state index contributed by atoms with van der Waals surface area (Å²) < 4.78 is 6.74. The number of carbonyl (C=O) groups is 2. The van der Waals surface area contributed by atoms with Crippen LogP contribution in [-0.2, 0) is 4.74 Å². The molecular weight excluding hydrogens is 316 g/mol. The Balaban J connectivity index is 2.07. The van der Waals surface area contributed by atoms with Crippen molar-refractivity contribution in [2.24, 2.45) is 0 Å². The highest BCUT2D eigenvalue weighted by molar-refractivity contribution is 6.31. The largest absolute Gasteiger partial charge is 0.462 e. The molecule has 2 aromatic heterocycles. The summed E-state index contributed by atoms with van der Waals surface area (Å²) in [6, 6.07) is 8.61. The Morgan fingerprint density at radius 2 is 2.09 bits per heavy atom. The van der Waals surface area contributed by atoms with Gasteiger partial charge in [0.2, 0.25) is 0 Å². The second-order valence-electron chi connectivity index (χ2n) is 4.86. The molecule has 0 unspecified atom stereocenters. The first-order valence-corrected chi connectivity index (χ1v) is 7.41. The smallest absolute Gasteiger partial charge is 0.338 e. The van der Waals surface area contributed by atoms with Gasteiger partial charge in [0.15, 0.2) is 6.29 Å². The Bertz CT molecular complexity index is 885. The number of hydrogen-bond acceptors (Lipinski definition) is 4. The van der Waals surface area contributed by atoms with Crippen molar-refractivity contribution >= 4 is 34.9 Å². The number of nitrogens with zero attached hydrogens (tertiary/aromatic N) is 2. The maximum Gasteiger partial charge on any atom is 0.338 e. The van der Waals surface area contributed by atoms with E-state index in [1.54, 1.807) is 48.0 Å². The van der Waals surface area contributed by atoms with E-state index in [9.17, 15) is 9.59 Å². The molecule has 3 aromatic rings. The van der Waals surface area contributed by atoms with Crippen LogP contribution in [0.4, 0.5) is 0 Å². The van der Waals surface area contributed by atoms with Gasteiger partial charge >= 0.3 is 5.97 Å². The molecule has 23 heavy (non-hydrogen) atoms. The Morgan fingerprint density at radius 3 is 2.74 bits per heavy atom. The molecule has 0 saturated heterocycles. The van der Waals surface area contributed by atoms with Crippen LogP contribution < -0.4 is 0 Å². The van der Waals surface area contributed by atoms with E-state index in [1.165, 1.54) is 6.20 Å². The van der Waals surface area contributed by atoms with Gasteiger partial charge in [-0.05, 0) is 37.3 Å². The minimum absolute atomic E-state index is 0.330. The van der Waals surface area contributed by atoms with E-state index in [0.717, 1.165) is 12.0 Å². The standard InChI is InChI=1S/C17H13ClN2O3/c1-2-23-17(22)11-3-5-14(6-4-11)20-9-12(10-21)15-7-13(18)8-19-16(15)20/h3-10H,2H2,1H3. The summed E-state index contributed by atoms with van der Waals surface area (Å²) in [4.78, 5) is 27.2. The van der Waals surface area contributed by atoms with Crippen molar-refractivity contribution in [2.75, 3.05) is 6.61 Å². The number of ether oxygens (including phenoxy) is 1. The molecular formula is C17H13ClN2O3. The zero-order valence-electron chi connectivity index (χ0n) is 12.3. The number of pyridine rings is 1. The minimum Gasteiger partial charge on any atom is -0.462 e. The SMILES string of the molecule is CCOC(=O)c1ccc(-n2cc(C=O)c3cc(Cl)cnc32)cc1. The van der Waals surface area contributed by atoms with E-state index < -0.39 is 0 Å². The third-order valence-electron chi connectivity index (χ3n) is 3.42. The predicted molar refractivity (Wildman–Crippen MR) is 87.4 cm³/mol. The first kappa shape index (κ1) is 15.2. The molecule has 0 aliphatic rings. The van der Waals surface area contributed by atoms with Crippen molar-refractivity contribution in [3.05, 3.63) is 58.9 Å². The van der Waals surface area contributed by atoms with Gasteiger partial charge in [0.05, 0.1) is 17.2 Å². The van der Waals surface area contributed by atoms with Crippen molar-refractivity contribution in [3.63, 3.8) is 0 Å². The second-order valence-corrected chi connectivity index (χ2v) is 5.30. The van der Waals surface area contributed by atoms with E-state index in [-0.39, 0.29) is 5.97 Å². The number of fused-ring (bicyclic) bond motifs is 1. The van der Waals surface area contributed by atoms with Crippen molar-refractivity contribution in [1.29, 1.82) is 0 Å². The Hall–Kier alpha value is -2.66. The third-order valence-corrected chi connectivity index (χ3v) is 3.63. The molecule has 2 heterocycles. The molecule has 0 saturated carbocycles. The zero-order valence-corrected chi connectivity index (χ0v) is 13.1. The lowest BCUT2D eigenvalue weighted by Crippen LogP contribution is -2.04. The first-order chi connectivity index (χ1) is 11.1. The van der Waals surface area contributed by atoms with Crippen LogP contribution in [0.3, 0.4) is 0 Å². The summed E-state index contributed by atoms with van der Waals surface area (Å²) in [6.45, 7) is 2.09. The second kappa shape index (κ2) is 6.22. The summed E-state index contributed by atoms with van der Waals surface area (Å²) in [5, 5.41) is 1.15. The van der Waals surface area contributed by atoms with Gasteiger partial charge in [0.25, 0.3) is 0 Å². The van der Waals surface area contributed by atoms with Crippen molar-refractivity contribution in [3.8, 4) is 5.69 Å². The van der Waals surface area contributed by atoms with Crippen LogP contribution in [0.25, 0.3) is 16.7 Å². The van der Waals surface area contributed by atoms with Crippen molar-refractivity contribution in [1.82, 2.24) is 9.55 Å². The maximum atomic E-state index is 11.7. The number of hydrogen-bond donors (Lipinski definition) is 0. The van der Waals surface area contributed by atoms with Gasteiger partial charge in [-0.3, -0.25) is 4.79 Å². The summed E-state index contributed by atoms with van der Waals surface area (Å²) >= 11 is 5.95.